The molecule has 0 aromatic heterocycles. The second-order valence-electron chi connectivity index (χ2n) is 5.00. The van der Waals surface area contributed by atoms with Gasteiger partial charge < -0.3 is 15.7 Å². The van der Waals surface area contributed by atoms with Crippen molar-refractivity contribution in [2.24, 2.45) is 0 Å². The third kappa shape index (κ3) is 3.76. The Balaban J connectivity index is 1.60. The van der Waals surface area contributed by atoms with Crippen LogP contribution in [0.15, 0.2) is 0 Å². The van der Waals surface area contributed by atoms with Gasteiger partial charge in [-0.25, -0.2) is 0 Å². The molecule has 0 aromatic rings. The first-order chi connectivity index (χ1) is 7.75. The molecule has 0 bridgehead atoms. The topological polar surface area (TPSA) is 61.4 Å². The first-order valence-corrected chi connectivity index (χ1v) is 6.46. The van der Waals surface area contributed by atoms with Gasteiger partial charge in [0.05, 0.1) is 12.1 Å². The summed E-state index contributed by atoms with van der Waals surface area (Å²) in [7, 11) is 0. The van der Waals surface area contributed by atoms with Crippen molar-refractivity contribution in [1.82, 2.24) is 10.6 Å². The van der Waals surface area contributed by atoms with Gasteiger partial charge in [-0.15, -0.1) is 0 Å². The molecule has 16 heavy (non-hydrogen) atoms. The predicted octanol–water partition coefficient (Wildman–Crippen LogP) is 0.548. The molecule has 2 saturated carbocycles. The Bertz CT molecular complexity index is 241. The summed E-state index contributed by atoms with van der Waals surface area (Å²) in [5.74, 6) is 0.0686. The van der Waals surface area contributed by atoms with Crippen molar-refractivity contribution in [1.29, 1.82) is 0 Å². The quantitative estimate of drug-likeness (QED) is 0.641. The smallest absolute Gasteiger partial charge is 0.221 e. The molecule has 2 aliphatic carbocycles. The molecule has 0 saturated heterocycles. The average Bonchev–Trinajstić information content (AvgIpc) is 3.05. The van der Waals surface area contributed by atoms with Crippen LogP contribution in [0.1, 0.15) is 44.9 Å². The number of carbonyl (C=O) groups is 1. The van der Waals surface area contributed by atoms with E-state index in [1.807, 2.05) is 0 Å². The van der Waals surface area contributed by atoms with E-state index in [0.29, 0.717) is 12.5 Å². The van der Waals surface area contributed by atoms with Crippen molar-refractivity contribution in [2.45, 2.75) is 63.1 Å². The Labute approximate surface area is 96.8 Å². The average molecular weight is 226 g/mol. The third-order valence-electron chi connectivity index (χ3n) is 3.44. The number of hydrogen-bond acceptors (Lipinski definition) is 3. The molecule has 2 aliphatic rings. The number of amides is 1. The van der Waals surface area contributed by atoms with Crippen molar-refractivity contribution >= 4 is 5.91 Å². The number of carbonyl (C=O) groups excluding carboxylic acids is 1. The van der Waals surface area contributed by atoms with E-state index in [2.05, 4.69) is 10.6 Å². The van der Waals surface area contributed by atoms with E-state index in [4.69, 9.17) is 0 Å². The van der Waals surface area contributed by atoms with E-state index in [-0.39, 0.29) is 18.1 Å². The van der Waals surface area contributed by atoms with Crippen LogP contribution in [0, 0.1) is 0 Å². The van der Waals surface area contributed by atoms with E-state index in [9.17, 15) is 9.90 Å². The lowest BCUT2D eigenvalue weighted by atomic mass is 9.92. The van der Waals surface area contributed by atoms with Crippen LogP contribution >= 0.6 is 0 Å². The predicted molar refractivity (Wildman–Crippen MR) is 62.0 cm³/mol. The summed E-state index contributed by atoms with van der Waals surface area (Å²) in [6.45, 7) is 0.763. The minimum atomic E-state index is -0.339. The van der Waals surface area contributed by atoms with Crippen LogP contribution < -0.4 is 10.6 Å². The van der Waals surface area contributed by atoms with Crippen LogP contribution in [0.5, 0.6) is 0 Å². The van der Waals surface area contributed by atoms with Crippen LogP contribution in [0.4, 0.5) is 0 Å². The Morgan fingerprint density at radius 2 is 1.94 bits per heavy atom. The molecule has 0 spiro atoms. The molecule has 2 rings (SSSR count). The summed E-state index contributed by atoms with van der Waals surface area (Å²) in [5, 5.41) is 16.0. The summed E-state index contributed by atoms with van der Waals surface area (Å²) in [6, 6.07) is 0.648. The highest BCUT2D eigenvalue weighted by molar-refractivity contribution is 5.76. The first-order valence-electron chi connectivity index (χ1n) is 6.46. The van der Waals surface area contributed by atoms with E-state index >= 15 is 0 Å². The van der Waals surface area contributed by atoms with Gasteiger partial charge in [-0.05, 0) is 25.7 Å². The van der Waals surface area contributed by atoms with Crippen molar-refractivity contribution in [3.05, 3.63) is 0 Å². The second kappa shape index (κ2) is 5.64. The molecular formula is C12H22N2O2. The van der Waals surface area contributed by atoms with Gasteiger partial charge in [-0.1, -0.05) is 12.8 Å². The normalized spacial score (nSPS) is 30.1. The van der Waals surface area contributed by atoms with Crippen LogP contribution in [-0.4, -0.2) is 35.7 Å². The van der Waals surface area contributed by atoms with Crippen molar-refractivity contribution in [3.8, 4) is 0 Å². The maximum Gasteiger partial charge on any atom is 0.221 e. The molecule has 0 radical (unpaired) electrons. The fraction of sp³-hybridized carbons (Fsp3) is 0.917. The third-order valence-corrected chi connectivity index (χ3v) is 3.44. The van der Waals surface area contributed by atoms with Crippen LogP contribution in [0.2, 0.25) is 0 Å². The molecule has 0 heterocycles. The minimum Gasteiger partial charge on any atom is -0.391 e. The van der Waals surface area contributed by atoms with E-state index in [0.717, 1.165) is 32.2 Å². The number of rotatable bonds is 5. The highest BCUT2D eigenvalue weighted by atomic mass is 16.3. The lowest BCUT2D eigenvalue weighted by Crippen LogP contribution is -2.45. The summed E-state index contributed by atoms with van der Waals surface area (Å²) in [6.07, 6.45) is 6.63. The summed E-state index contributed by atoms with van der Waals surface area (Å²) in [5.41, 5.74) is 0. The van der Waals surface area contributed by atoms with Crippen LogP contribution in [-0.2, 0) is 4.79 Å². The lowest BCUT2D eigenvalue weighted by Gasteiger charge is -2.28. The highest BCUT2D eigenvalue weighted by Crippen LogP contribution is 2.19. The zero-order valence-corrected chi connectivity index (χ0v) is 9.74. The maximum atomic E-state index is 11.6. The largest absolute Gasteiger partial charge is 0.391 e. The van der Waals surface area contributed by atoms with Gasteiger partial charge in [0.2, 0.25) is 5.91 Å². The van der Waals surface area contributed by atoms with Gasteiger partial charge in [0.15, 0.2) is 0 Å². The van der Waals surface area contributed by atoms with E-state index in [1.54, 1.807) is 0 Å². The first kappa shape index (κ1) is 11.9. The van der Waals surface area contributed by atoms with Gasteiger partial charge in [-0.2, -0.15) is 0 Å². The van der Waals surface area contributed by atoms with Crippen molar-refractivity contribution in [3.63, 3.8) is 0 Å². The molecule has 3 N–H and O–H groups in total. The van der Waals surface area contributed by atoms with Gasteiger partial charge >= 0.3 is 0 Å². The van der Waals surface area contributed by atoms with Crippen molar-refractivity contribution < 1.29 is 9.90 Å². The highest BCUT2D eigenvalue weighted by Gasteiger charge is 2.24. The van der Waals surface area contributed by atoms with Crippen molar-refractivity contribution in [2.75, 3.05) is 6.54 Å². The van der Waals surface area contributed by atoms with E-state index in [1.165, 1.54) is 12.8 Å². The van der Waals surface area contributed by atoms with Gasteiger partial charge in [0.25, 0.3) is 0 Å². The molecule has 4 nitrogen and oxygen atoms in total. The van der Waals surface area contributed by atoms with Crippen LogP contribution in [0.3, 0.4) is 0 Å². The fourth-order valence-corrected chi connectivity index (χ4v) is 2.24. The molecule has 0 aliphatic heterocycles. The van der Waals surface area contributed by atoms with Gasteiger partial charge in [0.1, 0.15) is 0 Å². The summed E-state index contributed by atoms with van der Waals surface area (Å²) < 4.78 is 0. The summed E-state index contributed by atoms with van der Waals surface area (Å²) >= 11 is 0. The molecule has 2 fully saturated rings. The Kier molecular flexibility index (Phi) is 4.18. The Morgan fingerprint density at radius 1 is 1.19 bits per heavy atom. The molecule has 4 heteroatoms. The van der Waals surface area contributed by atoms with Gasteiger partial charge in [0, 0.05) is 19.0 Å². The number of hydrogen-bond donors (Lipinski definition) is 3. The second-order valence-corrected chi connectivity index (χ2v) is 5.00. The molecule has 92 valence electrons. The maximum absolute atomic E-state index is 11.6. The number of aliphatic hydroxyl groups excluding tert-OH is 1. The lowest BCUT2D eigenvalue weighted by molar-refractivity contribution is -0.122. The Morgan fingerprint density at radius 3 is 2.62 bits per heavy atom. The molecule has 2 atom stereocenters. The molecule has 0 unspecified atom stereocenters. The summed E-state index contributed by atoms with van der Waals surface area (Å²) in [4.78, 5) is 11.6. The molecular weight excluding hydrogens is 204 g/mol. The molecule has 0 aromatic carbocycles. The zero-order valence-electron chi connectivity index (χ0n) is 9.74. The zero-order chi connectivity index (χ0) is 11.4. The standard InChI is InChI=1S/C12H22N2O2/c15-11-4-2-1-3-10(11)14-12(16)7-8-13-9-5-6-9/h9-11,13,15H,1-8H2,(H,14,16)/t10-,11-/m1/s1. The fourth-order valence-electron chi connectivity index (χ4n) is 2.24. The van der Waals surface area contributed by atoms with Gasteiger partial charge in [-0.3, -0.25) is 4.79 Å². The van der Waals surface area contributed by atoms with E-state index < -0.39 is 0 Å². The number of aliphatic hydroxyl groups is 1. The SMILES string of the molecule is O=C(CCNC1CC1)N[C@@H]1CCCC[C@H]1O. The monoisotopic (exact) mass is 226 g/mol. The molecule has 1 amide bonds. The number of nitrogens with one attached hydrogen (secondary N) is 2. The Hall–Kier alpha value is -0.610. The van der Waals surface area contributed by atoms with Crippen LogP contribution in [0.25, 0.3) is 0 Å². The minimum absolute atomic E-state index is 0.0119.